The summed E-state index contributed by atoms with van der Waals surface area (Å²) < 4.78 is 27.3. The number of thiazole rings is 2. The lowest BCUT2D eigenvalue weighted by molar-refractivity contribution is -0.148. The molecule has 0 radical (unpaired) electrons. The number of benzene rings is 5. The van der Waals surface area contributed by atoms with Crippen LogP contribution in [0.3, 0.4) is 0 Å². The average molecular weight is 985 g/mol. The molecule has 0 fully saturated rings. The number of nitrogens with zero attached hydrogens (tertiary/aromatic N) is 3. The number of carbonyl (C=O) groups is 3. The Morgan fingerprint density at radius 3 is 1.50 bits per heavy atom. The maximum Gasteiger partial charge on any atom is 0.416 e. The summed E-state index contributed by atoms with van der Waals surface area (Å²) in [6, 6.07) is 42.0. The number of esters is 1. The molecular formula is C55H60N4O9S2. The van der Waals surface area contributed by atoms with Crippen LogP contribution in [0.25, 0.3) is 21.1 Å². The van der Waals surface area contributed by atoms with Crippen LogP contribution >= 0.6 is 22.7 Å². The van der Waals surface area contributed by atoms with E-state index < -0.39 is 23.1 Å². The molecular weight excluding hydrogens is 925 g/mol. The summed E-state index contributed by atoms with van der Waals surface area (Å²) in [4.78, 5) is 50.0. The third kappa shape index (κ3) is 14.5. The Bertz CT molecular complexity index is 2780. The molecule has 0 unspecified atom stereocenters. The van der Waals surface area contributed by atoms with Crippen molar-refractivity contribution < 1.29 is 43.2 Å². The highest BCUT2D eigenvalue weighted by Gasteiger charge is 2.39. The number of carboxylic acids is 1. The summed E-state index contributed by atoms with van der Waals surface area (Å²) in [6.45, 7) is 12.4. The molecule has 0 saturated heterocycles. The molecule has 5 aromatic carbocycles. The number of hydrogen-bond donors (Lipinski definition) is 2. The topological polar surface area (TPSA) is 159 Å². The summed E-state index contributed by atoms with van der Waals surface area (Å²) in [6.07, 6.45) is 0.673. The van der Waals surface area contributed by atoms with E-state index in [2.05, 4.69) is 43.4 Å². The molecule has 366 valence electrons. The van der Waals surface area contributed by atoms with Crippen LogP contribution < -0.4 is 24.3 Å². The first-order valence-electron chi connectivity index (χ1n) is 22.7. The largest absolute Gasteiger partial charge is 0.497 e. The third-order valence-corrected chi connectivity index (χ3v) is 13.5. The van der Waals surface area contributed by atoms with E-state index in [-0.39, 0.29) is 18.3 Å². The predicted octanol–water partition coefficient (Wildman–Crippen LogP) is 11.4. The second-order valence-corrected chi connectivity index (χ2v) is 19.6. The first-order valence-corrected chi connectivity index (χ1v) is 24.4. The molecule has 0 aliphatic heterocycles. The minimum Gasteiger partial charge on any atom is -0.497 e. The van der Waals surface area contributed by atoms with E-state index in [1.165, 1.54) is 42.7 Å². The number of nitrogens with one attached hydrogen (secondary N) is 1. The zero-order valence-electron chi connectivity index (χ0n) is 40.8. The van der Waals surface area contributed by atoms with Gasteiger partial charge >= 0.3 is 18.0 Å². The summed E-state index contributed by atoms with van der Waals surface area (Å²) in [5.41, 5.74) is 3.92. The Hall–Kier alpha value is -7.07. The number of ether oxygens (including phenoxy) is 5. The molecule has 0 spiro atoms. The van der Waals surface area contributed by atoms with Crippen molar-refractivity contribution in [1.82, 2.24) is 20.2 Å². The minimum absolute atomic E-state index is 0.0366. The molecule has 0 saturated carbocycles. The number of methoxy groups -OCH3 is 2. The van der Waals surface area contributed by atoms with E-state index in [1.54, 1.807) is 72.9 Å². The van der Waals surface area contributed by atoms with Gasteiger partial charge in [-0.3, -0.25) is 15.0 Å². The quantitative estimate of drug-likeness (QED) is 0.0697. The van der Waals surface area contributed by atoms with Crippen LogP contribution in [0.2, 0.25) is 0 Å². The van der Waals surface area contributed by atoms with Crippen LogP contribution in [0, 0.1) is 13.8 Å². The molecule has 7 aromatic rings. The van der Waals surface area contributed by atoms with Crippen molar-refractivity contribution in [3.05, 3.63) is 166 Å². The van der Waals surface area contributed by atoms with Gasteiger partial charge in [-0.2, -0.15) is 0 Å². The van der Waals surface area contributed by atoms with Gasteiger partial charge in [-0.1, -0.05) is 84.9 Å². The molecule has 2 aromatic heterocycles. The average Bonchev–Trinajstić information content (AvgIpc) is 3.94. The van der Waals surface area contributed by atoms with Gasteiger partial charge in [0, 0.05) is 40.3 Å². The fraction of sp³-hybridized carbons (Fsp3) is 0.291. The highest BCUT2D eigenvalue weighted by atomic mass is 32.1. The number of carboxylic acid groups (broad SMARTS) is 1. The number of aromatic nitrogens is 2. The predicted molar refractivity (Wildman–Crippen MR) is 275 cm³/mol. The van der Waals surface area contributed by atoms with Crippen molar-refractivity contribution in [3.63, 3.8) is 0 Å². The van der Waals surface area contributed by atoms with Crippen LogP contribution in [0.1, 0.15) is 60.0 Å². The molecule has 7 rings (SSSR count). The monoisotopic (exact) mass is 984 g/mol. The molecule has 0 aliphatic rings. The zero-order chi connectivity index (χ0) is 50.3. The van der Waals surface area contributed by atoms with Crippen molar-refractivity contribution in [2.75, 3.05) is 27.4 Å². The normalized spacial score (nSPS) is 11.2. The Morgan fingerprint density at radius 1 is 0.614 bits per heavy atom. The summed E-state index contributed by atoms with van der Waals surface area (Å²) in [5, 5.41) is 15.1. The lowest BCUT2D eigenvalue weighted by atomic mass is 10.0. The Labute approximate surface area is 418 Å². The molecule has 13 nitrogen and oxygen atoms in total. The molecule has 2 heterocycles. The SMILES string of the molecule is COC(=O)C(C)(C)NCc1ccc(OCCc2nc(-c3ccccc3)sc2C)cc1.COc1ccc(OC(=O)N(Cc2ccc(OCCc3nc(-c4ccccc4)sc3C)cc2)C(C)(C)C(=O)O)cc1. The van der Waals surface area contributed by atoms with Gasteiger partial charge in [0.25, 0.3) is 0 Å². The number of hydrogen-bond acceptors (Lipinski definition) is 13. The fourth-order valence-electron chi connectivity index (χ4n) is 6.89. The summed E-state index contributed by atoms with van der Waals surface area (Å²) >= 11 is 3.39. The van der Waals surface area contributed by atoms with Gasteiger partial charge in [0.2, 0.25) is 0 Å². The molecule has 15 heteroatoms. The van der Waals surface area contributed by atoms with Crippen molar-refractivity contribution in [2.45, 2.75) is 78.6 Å². The summed E-state index contributed by atoms with van der Waals surface area (Å²) in [5.74, 6) is 0.962. The van der Waals surface area contributed by atoms with Crippen LogP contribution in [-0.2, 0) is 40.3 Å². The lowest BCUT2D eigenvalue weighted by Gasteiger charge is -2.34. The summed E-state index contributed by atoms with van der Waals surface area (Å²) in [7, 11) is 2.94. The van der Waals surface area contributed by atoms with Crippen molar-refractivity contribution in [3.8, 4) is 44.1 Å². The Morgan fingerprint density at radius 2 is 1.06 bits per heavy atom. The van der Waals surface area contributed by atoms with Crippen LogP contribution in [0.5, 0.6) is 23.0 Å². The molecule has 1 amide bonds. The Kier molecular flexibility index (Phi) is 18.3. The van der Waals surface area contributed by atoms with Gasteiger partial charge in [0.1, 0.15) is 44.1 Å². The van der Waals surface area contributed by atoms with E-state index in [9.17, 15) is 19.5 Å². The van der Waals surface area contributed by atoms with Crippen molar-refractivity contribution in [2.24, 2.45) is 0 Å². The maximum atomic E-state index is 13.1. The third-order valence-electron chi connectivity index (χ3n) is 11.3. The second kappa shape index (κ2) is 24.5. The molecule has 70 heavy (non-hydrogen) atoms. The van der Waals surface area contributed by atoms with E-state index in [4.69, 9.17) is 33.7 Å². The number of amides is 1. The van der Waals surface area contributed by atoms with E-state index in [1.807, 2.05) is 72.8 Å². The zero-order valence-corrected chi connectivity index (χ0v) is 42.4. The number of rotatable bonds is 20. The van der Waals surface area contributed by atoms with Gasteiger partial charge in [-0.25, -0.2) is 19.6 Å². The van der Waals surface area contributed by atoms with E-state index in [0.29, 0.717) is 37.7 Å². The lowest BCUT2D eigenvalue weighted by Crippen LogP contribution is -2.53. The fourth-order valence-corrected chi connectivity index (χ4v) is 8.82. The first-order chi connectivity index (χ1) is 33.6. The molecule has 0 aliphatic carbocycles. The van der Waals surface area contributed by atoms with Crippen LogP contribution in [-0.4, -0.2) is 76.5 Å². The minimum atomic E-state index is -1.51. The van der Waals surface area contributed by atoms with E-state index in [0.717, 1.165) is 55.8 Å². The van der Waals surface area contributed by atoms with Crippen molar-refractivity contribution in [1.29, 1.82) is 0 Å². The van der Waals surface area contributed by atoms with Gasteiger partial charge in [0.05, 0.1) is 45.4 Å². The van der Waals surface area contributed by atoms with Crippen LogP contribution in [0.4, 0.5) is 4.79 Å². The van der Waals surface area contributed by atoms with Gasteiger partial charge in [0.15, 0.2) is 0 Å². The van der Waals surface area contributed by atoms with Gasteiger partial charge in [-0.05, 0) is 101 Å². The molecule has 2 N–H and O–H groups in total. The number of aliphatic carboxylic acids is 1. The maximum absolute atomic E-state index is 13.1. The highest BCUT2D eigenvalue weighted by Crippen LogP contribution is 2.30. The highest BCUT2D eigenvalue weighted by molar-refractivity contribution is 7.15. The second-order valence-electron chi connectivity index (χ2n) is 17.2. The number of carbonyl (C=O) groups excluding carboxylic acids is 2. The standard InChI is InChI=1S/C31H32N2O6S.C24H28N2O3S/c1-21-27(32-28(40-21)23-8-6-5-7-9-23)18-19-38-25-12-10-22(11-13-25)20-33(31(2,3)29(34)35)30(36)39-26-16-14-24(37-4)15-17-26;1-17-21(26-22(30-17)19-8-6-5-7-9-19)14-15-29-20-12-10-18(11-13-20)16-25-24(2,3)23(27)28-4/h5-17H,18-20H2,1-4H3,(H,34,35);5-13,25H,14-16H2,1-4H3. The Balaban J connectivity index is 0.000000239. The van der Waals surface area contributed by atoms with Crippen molar-refractivity contribution >= 4 is 40.7 Å². The molecule has 0 atom stereocenters. The smallest absolute Gasteiger partial charge is 0.416 e. The first kappa shape index (κ1) is 52.3. The van der Waals surface area contributed by atoms with E-state index >= 15 is 0 Å². The number of aryl methyl sites for hydroxylation is 2. The molecule has 0 bridgehead atoms. The van der Waals surface area contributed by atoms with Crippen LogP contribution in [0.15, 0.2) is 133 Å². The van der Waals surface area contributed by atoms with Gasteiger partial charge < -0.3 is 28.8 Å². The van der Waals surface area contributed by atoms with Gasteiger partial charge in [-0.15, -0.1) is 22.7 Å².